The Morgan fingerprint density at radius 1 is 1.33 bits per heavy atom. The molecule has 0 radical (unpaired) electrons. The summed E-state index contributed by atoms with van der Waals surface area (Å²) in [6.45, 7) is 5.54. The van der Waals surface area contributed by atoms with Crippen molar-refractivity contribution in [1.29, 1.82) is 0 Å². The summed E-state index contributed by atoms with van der Waals surface area (Å²) < 4.78 is 0. The second kappa shape index (κ2) is 4.43. The number of hydrogen-bond donors (Lipinski definition) is 1. The van der Waals surface area contributed by atoms with Crippen LogP contribution in [0.4, 0.5) is 5.69 Å². The van der Waals surface area contributed by atoms with Crippen molar-refractivity contribution in [2.75, 3.05) is 31.6 Å². The highest BCUT2D eigenvalue weighted by Crippen LogP contribution is 2.47. The summed E-state index contributed by atoms with van der Waals surface area (Å²) in [6.07, 6.45) is 3.72. The van der Waals surface area contributed by atoms with Crippen LogP contribution in [-0.4, -0.2) is 26.7 Å². The Labute approximate surface area is 114 Å². The number of aryl methyl sites for hydroxylation is 1. The first kappa shape index (κ1) is 12.3. The van der Waals surface area contributed by atoms with Gasteiger partial charge in [-0.25, -0.2) is 0 Å². The summed E-state index contributed by atoms with van der Waals surface area (Å²) >= 11 is 6.57. The monoisotopic (exact) mass is 264 g/mol. The lowest BCUT2D eigenvalue weighted by Crippen LogP contribution is -2.29. The van der Waals surface area contributed by atoms with Gasteiger partial charge in [0, 0.05) is 41.8 Å². The van der Waals surface area contributed by atoms with Gasteiger partial charge in [0.1, 0.15) is 0 Å². The Morgan fingerprint density at radius 2 is 2.17 bits per heavy atom. The van der Waals surface area contributed by atoms with Gasteiger partial charge in [-0.05, 0) is 44.4 Å². The Hall–Kier alpha value is -0.730. The quantitative estimate of drug-likeness (QED) is 0.775. The van der Waals surface area contributed by atoms with Gasteiger partial charge in [0.25, 0.3) is 0 Å². The molecular formula is C15H21ClN2. The number of benzene rings is 1. The number of halogens is 1. The Morgan fingerprint density at radius 3 is 2.89 bits per heavy atom. The maximum Gasteiger partial charge on any atom is 0.0465 e. The molecule has 1 atom stereocenters. The van der Waals surface area contributed by atoms with Crippen LogP contribution in [0.1, 0.15) is 30.4 Å². The van der Waals surface area contributed by atoms with Crippen LogP contribution in [0.5, 0.6) is 0 Å². The normalized spacial score (nSPS) is 27.4. The maximum atomic E-state index is 6.57. The molecule has 1 aromatic rings. The van der Waals surface area contributed by atoms with E-state index in [4.69, 9.17) is 11.6 Å². The summed E-state index contributed by atoms with van der Waals surface area (Å²) in [5, 5.41) is 4.49. The second-order valence-electron chi connectivity index (χ2n) is 5.82. The van der Waals surface area contributed by atoms with Gasteiger partial charge in [-0.15, -0.1) is 0 Å². The third-order valence-corrected chi connectivity index (χ3v) is 4.95. The van der Waals surface area contributed by atoms with Gasteiger partial charge < -0.3 is 10.2 Å². The molecule has 1 spiro atoms. The molecule has 2 heterocycles. The van der Waals surface area contributed by atoms with Gasteiger partial charge in [0.2, 0.25) is 0 Å². The van der Waals surface area contributed by atoms with E-state index in [1.807, 2.05) is 0 Å². The number of nitrogens with one attached hydrogen (secondary N) is 1. The van der Waals surface area contributed by atoms with Gasteiger partial charge in [0.15, 0.2) is 0 Å². The van der Waals surface area contributed by atoms with Crippen molar-refractivity contribution in [3.8, 4) is 0 Å². The van der Waals surface area contributed by atoms with Crippen LogP contribution in [0.15, 0.2) is 12.1 Å². The number of hydrogen-bond acceptors (Lipinski definition) is 2. The summed E-state index contributed by atoms with van der Waals surface area (Å²) in [7, 11) is 2.20. The first-order chi connectivity index (χ1) is 8.64. The van der Waals surface area contributed by atoms with Crippen molar-refractivity contribution in [3.63, 3.8) is 0 Å². The summed E-state index contributed by atoms with van der Waals surface area (Å²) in [5.41, 5.74) is 4.39. The molecule has 1 aromatic carbocycles. The van der Waals surface area contributed by atoms with E-state index in [2.05, 4.69) is 36.3 Å². The van der Waals surface area contributed by atoms with Crippen LogP contribution in [0, 0.1) is 6.92 Å². The van der Waals surface area contributed by atoms with E-state index >= 15 is 0 Å². The lowest BCUT2D eigenvalue weighted by Gasteiger charge is -2.31. The maximum absolute atomic E-state index is 6.57. The minimum Gasteiger partial charge on any atom is -0.374 e. The van der Waals surface area contributed by atoms with E-state index in [9.17, 15) is 0 Å². The van der Waals surface area contributed by atoms with Crippen molar-refractivity contribution in [3.05, 3.63) is 28.3 Å². The van der Waals surface area contributed by atoms with E-state index in [0.717, 1.165) is 24.7 Å². The zero-order chi connectivity index (χ0) is 12.8. The van der Waals surface area contributed by atoms with Crippen LogP contribution >= 0.6 is 11.6 Å². The summed E-state index contributed by atoms with van der Waals surface area (Å²) in [5.74, 6) is 0. The highest BCUT2D eigenvalue weighted by atomic mass is 35.5. The fraction of sp³-hybridized carbons (Fsp3) is 0.600. The lowest BCUT2D eigenvalue weighted by atomic mass is 9.75. The number of nitrogens with zero attached hydrogens (tertiary/aromatic N) is 1. The summed E-state index contributed by atoms with van der Waals surface area (Å²) in [4.78, 5) is 2.39. The highest BCUT2D eigenvalue weighted by molar-refractivity contribution is 6.32. The predicted molar refractivity (Wildman–Crippen MR) is 77.9 cm³/mol. The van der Waals surface area contributed by atoms with Crippen LogP contribution in [0.25, 0.3) is 0 Å². The molecule has 3 heteroatoms. The topological polar surface area (TPSA) is 15.3 Å². The lowest BCUT2D eigenvalue weighted by molar-refractivity contribution is 0.431. The van der Waals surface area contributed by atoms with Gasteiger partial charge in [-0.2, -0.15) is 0 Å². The molecule has 0 aliphatic carbocycles. The Bertz CT molecular complexity index is 464. The molecule has 18 heavy (non-hydrogen) atoms. The average molecular weight is 265 g/mol. The number of anilines is 1. The van der Waals surface area contributed by atoms with Crippen molar-refractivity contribution in [2.45, 2.75) is 31.6 Å². The molecule has 2 aliphatic heterocycles. The zero-order valence-electron chi connectivity index (χ0n) is 11.2. The van der Waals surface area contributed by atoms with E-state index in [-0.39, 0.29) is 5.41 Å². The van der Waals surface area contributed by atoms with Crippen molar-refractivity contribution in [2.24, 2.45) is 0 Å². The Kier molecular flexibility index (Phi) is 3.03. The van der Waals surface area contributed by atoms with Gasteiger partial charge in [0.05, 0.1) is 0 Å². The van der Waals surface area contributed by atoms with Crippen molar-refractivity contribution in [1.82, 2.24) is 5.32 Å². The molecule has 1 unspecified atom stereocenters. The molecule has 2 aliphatic rings. The predicted octanol–water partition coefficient (Wildman–Crippen LogP) is 3.11. The first-order valence-corrected chi connectivity index (χ1v) is 7.23. The molecule has 0 aromatic heterocycles. The minimum atomic E-state index is 0.267. The molecule has 1 fully saturated rings. The third-order valence-electron chi connectivity index (χ3n) is 4.63. The molecule has 1 saturated heterocycles. The summed E-state index contributed by atoms with van der Waals surface area (Å²) in [6, 6.07) is 4.23. The van der Waals surface area contributed by atoms with Crippen LogP contribution in [0.2, 0.25) is 5.02 Å². The molecule has 0 saturated carbocycles. The fourth-order valence-electron chi connectivity index (χ4n) is 3.73. The van der Waals surface area contributed by atoms with Crippen molar-refractivity contribution >= 4 is 17.3 Å². The molecule has 3 rings (SSSR count). The highest BCUT2D eigenvalue weighted by Gasteiger charge is 2.41. The minimum absolute atomic E-state index is 0.267. The first-order valence-electron chi connectivity index (χ1n) is 6.85. The van der Waals surface area contributed by atoms with Crippen LogP contribution in [-0.2, 0) is 5.41 Å². The largest absolute Gasteiger partial charge is 0.374 e. The molecule has 2 nitrogen and oxygen atoms in total. The molecular weight excluding hydrogens is 244 g/mol. The van der Waals surface area contributed by atoms with Crippen LogP contribution < -0.4 is 10.2 Å². The fourth-order valence-corrected chi connectivity index (χ4v) is 4.08. The van der Waals surface area contributed by atoms with E-state index in [1.165, 1.54) is 36.1 Å². The molecule has 0 amide bonds. The standard InChI is InChI=1S/C15H21ClN2/c1-11-4-5-12(16)13-14(11)18(2)9-3-6-15(13)7-8-17-10-15/h4-5,17H,3,6-10H2,1-2H3. The average Bonchev–Trinajstić information content (AvgIpc) is 2.74. The van der Waals surface area contributed by atoms with Gasteiger partial charge in [-0.3, -0.25) is 0 Å². The van der Waals surface area contributed by atoms with E-state index < -0.39 is 0 Å². The SMILES string of the molecule is Cc1ccc(Cl)c2c1N(C)CCCC21CCNC1. The van der Waals surface area contributed by atoms with Gasteiger partial charge >= 0.3 is 0 Å². The molecule has 0 bridgehead atoms. The number of rotatable bonds is 0. The smallest absolute Gasteiger partial charge is 0.0465 e. The van der Waals surface area contributed by atoms with Crippen molar-refractivity contribution < 1.29 is 0 Å². The number of fused-ring (bicyclic) bond motifs is 2. The molecule has 1 N–H and O–H groups in total. The Balaban J connectivity index is 2.24. The second-order valence-corrected chi connectivity index (χ2v) is 6.23. The third kappa shape index (κ3) is 1.74. The zero-order valence-corrected chi connectivity index (χ0v) is 12.0. The van der Waals surface area contributed by atoms with E-state index in [0.29, 0.717) is 0 Å². The van der Waals surface area contributed by atoms with E-state index in [1.54, 1.807) is 0 Å². The van der Waals surface area contributed by atoms with Crippen LogP contribution in [0.3, 0.4) is 0 Å². The van der Waals surface area contributed by atoms with Gasteiger partial charge in [-0.1, -0.05) is 17.7 Å². The molecule has 98 valence electrons.